The van der Waals surface area contributed by atoms with Crippen LogP contribution in [0.3, 0.4) is 0 Å². The molecule has 2 aliphatic rings. The second-order valence-electron chi connectivity index (χ2n) is 7.27. The Morgan fingerprint density at radius 3 is 2.56 bits per heavy atom. The van der Waals surface area contributed by atoms with Gasteiger partial charge in [0.05, 0.1) is 24.1 Å². The van der Waals surface area contributed by atoms with Crippen molar-refractivity contribution in [1.29, 1.82) is 0 Å². The lowest BCUT2D eigenvalue weighted by Gasteiger charge is -2.26. The minimum Gasteiger partial charge on any atom is -0.317 e. The second-order valence-corrected chi connectivity index (χ2v) is 11.1. The molecule has 0 saturated carbocycles. The summed E-state index contributed by atoms with van der Waals surface area (Å²) in [6, 6.07) is 14.1. The molecule has 1 fully saturated rings. The highest BCUT2D eigenvalue weighted by molar-refractivity contribution is 8.15. The number of thioether (sulfide) groups is 1. The van der Waals surface area contributed by atoms with Gasteiger partial charge in [-0.3, -0.25) is 4.99 Å². The highest BCUT2D eigenvalue weighted by Gasteiger charge is 2.44. The Kier molecular flexibility index (Phi) is 4.99. The van der Waals surface area contributed by atoms with E-state index in [4.69, 9.17) is 16.6 Å². The number of aryl methyl sites for hydroxylation is 2. The quantitative estimate of drug-likeness (QED) is 0.745. The summed E-state index contributed by atoms with van der Waals surface area (Å²) in [4.78, 5) is 6.98. The summed E-state index contributed by atoms with van der Waals surface area (Å²) in [7, 11) is -2.96. The summed E-state index contributed by atoms with van der Waals surface area (Å²) in [5.41, 5.74) is 4.54. The molecule has 2 aromatic carbocycles. The van der Waals surface area contributed by atoms with Gasteiger partial charge in [0.1, 0.15) is 0 Å². The number of fused-ring (bicyclic) bond motifs is 1. The zero-order chi connectivity index (χ0) is 19.2. The molecule has 2 aromatic rings. The van der Waals surface area contributed by atoms with Gasteiger partial charge in [0, 0.05) is 16.0 Å². The lowest BCUT2D eigenvalue weighted by Crippen LogP contribution is -2.28. The van der Waals surface area contributed by atoms with Crippen molar-refractivity contribution in [2.45, 2.75) is 31.7 Å². The summed E-state index contributed by atoms with van der Waals surface area (Å²) < 4.78 is 23.8. The molecule has 2 aliphatic heterocycles. The van der Waals surface area contributed by atoms with E-state index in [0.717, 1.165) is 16.4 Å². The Bertz CT molecular complexity index is 1000. The molecule has 0 N–H and O–H groups in total. The fourth-order valence-corrected chi connectivity index (χ4v) is 7.66. The molecule has 7 heteroatoms. The first-order valence-corrected chi connectivity index (χ1v) is 11.9. The molecule has 0 bridgehead atoms. The molecule has 0 radical (unpaired) electrons. The molecule has 4 nitrogen and oxygen atoms in total. The molecular weight excluding hydrogens is 400 g/mol. The Labute approximate surface area is 169 Å². The van der Waals surface area contributed by atoms with Crippen molar-refractivity contribution in [3.05, 3.63) is 64.2 Å². The minimum atomic E-state index is -2.96. The Hall–Kier alpha value is -1.50. The molecule has 2 atom stereocenters. The summed E-state index contributed by atoms with van der Waals surface area (Å²) in [6.45, 7) is 4.80. The van der Waals surface area contributed by atoms with Gasteiger partial charge >= 0.3 is 0 Å². The van der Waals surface area contributed by atoms with Crippen molar-refractivity contribution in [2.24, 2.45) is 4.99 Å². The van der Waals surface area contributed by atoms with Gasteiger partial charge in [0.2, 0.25) is 0 Å². The standard InChI is InChI=1S/C20H21ClN2O2S2/c1-13-6-14(2)8-17(7-13)23(10-15-4-3-5-16(21)9-15)20-22-18-11-27(24,25)12-19(18)26-20/h3-9,18-19H,10-12H2,1-2H3. The molecule has 0 aromatic heterocycles. The largest absolute Gasteiger partial charge is 0.317 e. The number of halogens is 1. The van der Waals surface area contributed by atoms with Crippen LogP contribution in [0.2, 0.25) is 5.02 Å². The van der Waals surface area contributed by atoms with E-state index in [1.54, 1.807) is 11.8 Å². The van der Waals surface area contributed by atoms with Crippen LogP contribution in [-0.2, 0) is 16.4 Å². The highest BCUT2D eigenvalue weighted by Crippen LogP contribution is 2.37. The average Bonchev–Trinajstić information content (AvgIpc) is 3.05. The van der Waals surface area contributed by atoms with Gasteiger partial charge < -0.3 is 4.90 Å². The number of anilines is 1. The Balaban J connectivity index is 1.70. The van der Waals surface area contributed by atoms with Crippen molar-refractivity contribution < 1.29 is 8.42 Å². The topological polar surface area (TPSA) is 49.7 Å². The lowest BCUT2D eigenvalue weighted by molar-refractivity contribution is 0.601. The molecule has 27 heavy (non-hydrogen) atoms. The van der Waals surface area contributed by atoms with E-state index in [1.807, 2.05) is 24.3 Å². The first kappa shape index (κ1) is 18.8. The number of rotatable bonds is 3. The zero-order valence-electron chi connectivity index (χ0n) is 15.2. The number of sulfone groups is 1. The molecule has 2 heterocycles. The van der Waals surface area contributed by atoms with Crippen molar-refractivity contribution >= 4 is 44.1 Å². The normalized spacial score (nSPS) is 23.1. The molecule has 142 valence electrons. The Morgan fingerprint density at radius 1 is 1.15 bits per heavy atom. The molecule has 0 spiro atoms. The van der Waals surface area contributed by atoms with Crippen molar-refractivity contribution in [2.75, 3.05) is 16.4 Å². The van der Waals surface area contributed by atoms with E-state index in [-0.39, 0.29) is 22.8 Å². The SMILES string of the molecule is Cc1cc(C)cc(N(Cc2cccc(Cl)c2)C2=NC3CS(=O)(=O)CC3S2)c1. The van der Waals surface area contributed by atoms with Gasteiger partial charge in [-0.1, -0.05) is 41.6 Å². The van der Waals surface area contributed by atoms with E-state index < -0.39 is 9.84 Å². The maximum Gasteiger partial charge on any atom is 0.164 e. The van der Waals surface area contributed by atoms with Crippen LogP contribution >= 0.6 is 23.4 Å². The summed E-state index contributed by atoms with van der Waals surface area (Å²) in [5, 5.41) is 1.62. The third kappa shape index (κ3) is 4.18. The molecular formula is C20H21ClN2O2S2. The fraction of sp³-hybridized carbons (Fsp3) is 0.350. The third-order valence-corrected chi connectivity index (χ3v) is 8.27. The first-order valence-electron chi connectivity index (χ1n) is 8.84. The smallest absolute Gasteiger partial charge is 0.164 e. The van der Waals surface area contributed by atoms with E-state index in [1.165, 1.54) is 11.1 Å². The van der Waals surface area contributed by atoms with Crippen LogP contribution in [0.1, 0.15) is 16.7 Å². The van der Waals surface area contributed by atoms with Gasteiger partial charge in [0.15, 0.2) is 15.0 Å². The van der Waals surface area contributed by atoms with Crippen molar-refractivity contribution in [3.8, 4) is 0 Å². The molecule has 0 amide bonds. The predicted octanol–water partition coefficient (Wildman–Crippen LogP) is 4.23. The maximum absolute atomic E-state index is 11.9. The van der Waals surface area contributed by atoms with Crippen LogP contribution in [-0.4, -0.2) is 36.4 Å². The van der Waals surface area contributed by atoms with E-state index >= 15 is 0 Å². The first-order chi connectivity index (χ1) is 12.8. The molecule has 0 aliphatic carbocycles. The highest BCUT2D eigenvalue weighted by atomic mass is 35.5. The van der Waals surface area contributed by atoms with Crippen LogP contribution in [0.15, 0.2) is 47.5 Å². The average molecular weight is 421 g/mol. The monoisotopic (exact) mass is 420 g/mol. The van der Waals surface area contributed by atoms with Crippen molar-refractivity contribution in [1.82, 2.24) is 0 Å². The van der Waals surface area contributed by atoms with Crippen LogP contribution in [0.4, 0.5) is 5.69 Å². The predicted molar refractivity (Wildman–Crippen MR) is 115 cm³/mol. The number of nitrogens with zero attached hydrogens (tertiary/aromatic N) is 2. The van der Waals surface area contributed by atoms with Gasteiger partial charge in [-0.2, -0.15) is 0 Å². The molecule has 4 rings (SSSR count). The summed E-state index contributed by atoms with van der Waals surface area (Å²) >= 11 is 7.76. The lowest BCUT2D eigenvalue weighted by atomic mass is 10.1. The minimum absolute atomic E-state index is 0.0257. The van der Waals surface area contributed by atoms with Crippen LogP contribution in [0.25, 0.3) is 0 Å². The van der Waals surface area contributed by atoms with Gasteiger partial charge in [0.25, 0.3) is 0 Å². The van der Waals surface area contributed by atoms with Crippen LogP contribution in [0, 0.1) is 13.8 Å². The van der Waals surface area contributed by atoms with Crippen LogP contribution < -0.4 is 4.90 Å². The zero-order valence-corrected chi connectivity index (χ0v) is 17.6. The third-order valence-electron chi connectivity index (χ3n) is 4.78. The number of amidine groups is 1. The number of hydrogen-bond donors (Lipinski definition) is 0. The second kappa shape index (κ2) is 7.15. The number of benzene rings is 2. The van der Waals surface area contributed by atoms with Gasteiger partial charge in [-0.05, 0) is 54.8 Å². The number of hydrogen-bond acceptors (Lipinski definition) is 5. The fourth-order valence-electron chi connectivity index (χ4n) is 3.66. The van der Waals surface area contributed by atoms with E-state index in [9.17, 15) is 8.42 Å². The maximum atomic E-state index is 11.9. The van der Waals surface area contributed by atoms with Gasteiger partial charge in [-0.25, -0.2) is 8.42 Å². The van der Waals surface area contributed by atoms with Crippen molar-refractivity contribution in [3.63, 3.8) is 0 Å². The van der Waals surface area contributed by atoms with E-state index in [0.29, 0.717) is 11.6 Å². The van der Waals surface area contributed by atoms with Gasteiger partial charge in [-0.15, -0.1) is 0 Å². The Morgan fingerprint density at radius 2 is 1.89 bits per heavy atom. The number of aliphatic imine (C=N–C) groups is 1. The summed E-state index contributed by atoms with van der Waals surface area (Å²) in [6.07, 6.45) is 0. The molecule has 1 saturated heterocycles. The summed E-state index contributed by atoms with van der Waals surface area (Å²) in [5.74, 6) is 0.374. The molecule has 2 unspecified atom stereocenters. The van der Waals surface area contributed by atoms with Crippen LogP contribution in [0.5, 0.6) is 0 Å². The van der Waals surface area contributed by atoms with E-state index in [2.05, 4.69) is 36.9 Å².